The van der Waals surface area contributed by atoms with Crippen LogP contribution in [-0.4, -0.2) is 40.5 Å². The zero-order valence-electron chi connectivity index (χ0n) is 12.5. The molecular weight excluding hydrogens is 326 g/mol. The van der Waals surface area contributed by atoms with E-state index in [0.717, 1.165) is 25.8 Å². The fourth-order valence-corrected chi connectivity index (χ4v) is 3.43. The molecule has 0 spiro atoms. The summed E-state index contributed by atoms with van der Waals surface area (Å²) in [4.78, 5) is 11.6. The molecule has 22 heavy (non-hydrogen) atoms. The Bertz CT molecular complexity index is 584. The summed E-state index contributed by atoms with van der Waals surface area (Å²) < 4.78 is 26.8. The summed E-state index contributed by atoms with van der Waals surface area (Å²) in [6, 6.07) is 6.31. The van der Waals surface area contributed by atoms with Gasteiger partial charge in [0.05, 0.1) is 4.90 Å². The van der Waals surface area contributed by atoms with Crippen LogP contribution < -0.4 is 15.4 Å². The van der Waals surface area contributed by atoms with Crippen molar-refractivity contribution in [1.82, 2.24) is 15.4 Å². The molecule has 1 atom stereocenters. The van der Waals surface area contributed by atoms with Crippen LogP contribution in [0.5, 0.6) is 0 Å². The molecule has 1 amide bonds. The van der Waals surface area contributed by atoms with Gasteiger partial charge in [0.2, 0.25) is 10.0 Å². The number of rotatable bonds is 6. The van der Waals surface area contributed by atoms with Crippen LogP contribution in [0.1, 0.15) is 29.6 Å². The van der Waals surface area contributed by atoms with Gasteiger partial charge in [0.1, 0.15) is 0 Å². The van der Waals surface area contributed by atoms with Crippen LogP contribution in [0.3, 0.4) is 0 Å². The van der Waals surface area contributed by atoms with Crippen molar-refractivity contribution < 1.29 is 13.2 Å². The van der Waals surface area contributed by atoms with Gasteiger partial charge >= 0.3 is 0 Å². The van der Waals surface area contributed by atoms with E-state index in [2.05, 4.69) is 15.4 Å². The monoisotopic (exact) mass is 347 g/mol. The first-order valence-corrected chi connectivity index (χ1v) is 8.56. The van der Waals surface area contributed by atoms with Crippen LogP contribution in [0.4, 0.5) is 0 Å². The third-order valence-electron chi connectivity index (χ3n) is 3.60. The van der Waals surface area contributed by atoms with Gasteiger partial charge in [0.25, 0.3) is 5.91 Å². The summed E-state index contributed by atoms with van der Waals surface area (Å²) in [5, 5.41) is 5.82. The second-order valence-corrected chi connectivity index (χ2v) is 6.85. The van der Waals surface area contributed by atoms with Crippen molar-refractivity contribution in [3.63, 3.8) is 0 Å². The quantitative estimate of drug-likeness (QED) is 0.713. The van der Waals surface area contributed by atoms with Crippen LogP contribution in [0.15, 0.2) is 29.2 Å². The molecule has 0 bridgehead atoms. The highest BCUT2D eigenvalue weighted by Crippen LogP contribution is 2.12. The number of benzene rings is 1. The van der Waals surface area contributed by atoms with E-state index in [0.29, 0.717) is 18.2 Å². The molecule has 0 radical (unpaired) electrons. The molecule has 8 heteroatoms. The molecule has 2 rings (SSSR count). The van der Waals surface area contributed by atoms with Gasteiger partial charge in [0.15, 0.2) is 0 Å². The maximum absolute atomic E-state index is 12.1. The molecule has 0 saturated carbocycles. The molecule has 124 valence electrons. The Labute approximate surface area is 137 Å². The van der Waals surface area contributed by atoms with Gasteiger partial charge in [-0.25, -0.2) is 13.1 Å². The number of carbonyl (C=O) groups is 1. The average Bonchev–Trinajstić information content (AvgIpc) is 2.99. The second-order valence-electron chi connectivity index (χ2n) is 5.08. The molecule has 6 nitrogen and oxygen atoms in total. The minimum absolute atomic E-state index is 0. The lowest BCUT2D eigenvalue weighted by atomic mass is 10.2. The third kappa shape index (κ3) is 4.95. The van der Waals surface area contributed by atoms with Gasteiger partial charge < -0.3 is 10.6 Å². The summed E-state index contributed by atoms with van der Waals surface area (Å²) in [6.07, 6.45) is 3.04. The van der Waals surface area contributed by atoms with Crippen LogP contribution in [0.2, 0.25) is 0 Å². The van der Waals surface area contributed by atoms with Crippen molar-refractivity contribution in [2.24, 2.45) is 0 Å². The van der Waals surface area contributed by atoms with Gasteiger partial charge in [-0.05, 0) is 50.1 Å². The number of amides is 1. The van der Waals surface area contributed by atoms with Gasteiger partial charge in [-0.15, -0.1) is 12.4 Å². The highest BCUT2D eigenvalue weighted by atomic mass is 35.5. The van der Waals surface area contributed by atoms with E-state index in [1.807, 2.05) is 0 Å². The average molecular weight is 348 g/mol. The SMILES string of the molecule is CNC(=O)c1ccc(S(=O)(=O)NCC[C@H]2CCCN2)cc1.Cl. The van der Waals surface area contributed by atoms with Crippen LogP contribution in [-0.2, 0) is 10.0 Å². The first-order chi connectivity index (χ1) is 10.0. The number of carbonyl (C=O) groups excluding carboxylic acids is 1. The molecule has 1 aliphatic heterocycles. The minimum atomic E-state index is -3.51. The maximum Gasteiger partial charge on any atom is 0.251 e. The van der Waals surface area contributed by atoms with Crippen molar-refractivity contribution in [1.29, 1.82) is 0 Å². The molecule has 1 aromatic carbocycles. The highest BCUT2D eigenvalue weighted by molar-refractivity contribution is 7.89. The minimum Gasteiger partial charge on any atom is -0.355 e. The molecule has 0 aromatic heterocycles. The topological polar surface area (TPSA) is 87.3 Å². The van der Waals surface area contributed by atoms with E-state index in [1.54, 1.807) is 0 Å². The molecule has 3 N–H and O–H groups in total. The van der Waals surface area contributed by atoms with Crippen molar-refractivity contribution in [3.8, 4) is 0 Å². The molecule has 0 aliphatic carbocycles. The Hall–Kier alpha value is -1.15. The molecule has 1 aromatic rings. The fraction of sp³-hybridized carbons (Fsp3) is 0.500. The molecular formula is C14H22ClN3O3S. The van der Waals surface area contributed by atoms with Crippen molar-refractivity contribution in [3.05, 3.63) is 29.8 Å². The van der Waals surface area contributed by atoms with Crippen LogP contribution >= 0.6 is 12.4 Å². The summed E-state index contributed by atoms with van der Waals surface area (Å²) in [5.41, 5.74) is 0.437. The zero-order chi connectivity index (χ0) is 15.3. The standard InChI is InChI=1S/C14H21N3O3S.ClH/c1-15-14(18)11-4-6-13(7-5-11)21(19,20)17-10-8-12-3-2-9-16-12;/h4-7,12,16-17H,2-3,8-10H2,1H3,(H,15,18);1H/t12-;/m1./s1. The Kier molecular flexibility index (Phi) is 7.28. The molecule has 1 heterocycles. The second kappa shape index (κ2) is 8.47. The number of nitrogens with one attached hydrogen (secondary N) is 3. The fourth-order valence-electron chi connectivity index (χ4n) is 2.38. The van der Waals surface area contributed by atoms with E-state index in [-0.39, 0.29) is 23.2 Å². The van der Waals surface area contributed by atoms with Crippen molar-refractivity contribution >= 4 is 28.3 Å². The smallest absolute Gasteiger partial charge is 0.251 e. The number of sulfonamides is 1. The summed E-state index contributed by atoms with van der Waals surface area (Å²) in [7, 11) is -1.98. The van der Waals surface area contributed by atoms with E-state index in [9.17, 15) is 13.2 Å². The van der Waals surface area contributed by atoms with Crippen molar-refractivity contribution in [2.75, 3.05) is 20.1 Å². The largest absolute Gasteiger partial charge is 0.355 e. The summed E-state index contributed by atoms with van der Waals surface area (Å²) in [5.74, 6) is -0.237. The third-order valence-corrected chi connectivity index (χ3v) is 5.08. The Morgan fingerprint density at radius 1 is 1.32 bits per heavy atom. The van der Waals surface area contributed by atoms with Crippen molar-refractivity contribution in [2.45, 2.75) is 30.2 Å². The maximum atomic E-state index is 12.1. The van der Waals surface area contributed by atoms with E-state index < -0.39 is 10.0 Å². The number of halogens is 1. The van der Waals surface area contributed by atoms with Gasteiger partial charge in [-0.1, -0.05) is 0 Å². The predicted molar refractivity (Wildman–Crippen MR) is 87.9 cm³/mol. The van der Waals surface area contributed by atoms with Gasteiger partial charge in [-0.2, -0.15) is 0 Å². The number of hydrogen-bond donors (Lipinski definition) is 3. The lowest BCUT2D eigenvalue weighted by Crippen LogP contribution is -2.30. The van der Waals surface area contributed by atoms with Gasteiger partial charge in [0, 0.05) is 25.2 Å². The zero-order valence-corrected chi connectivity index (χ0v) is 14.1. The van der Waals surface area contributed by atoms with Gasteiger partial charge in [-0.3, -0.25) is 4.79 Å². The first kappa shape index (κ1) is 18.9. The van der Waals surface area contributed by atoms with Crippen LogP contribution in [0.25, 0.3) is 0 Å². The van der Waals surface area contributed by atoms with E-state index in [4.69, 9.17) is 0 Å². The Morgan fingerprint density at radius 2 is 2.00 bits per heavy atom. The lowest BCUT2D eigenvalue weighted by molar-refractivity contribution is 0.0963. The summed E-state index contributed by atoms with van der Waals surface area (Å²) >= 11 is 0. The lowest BCUT2D eigenvalue weighted by Gasteiger charge is -2.11. The molecule has 0 unspecified atom stereocenters. The van der Waals surface area contributed by atoms with E-state index >= 15 is 0 Å². The molecule has 1 fully saturated rings. The normalized spacial score (nSPS) is 17.8. The Balaban J connectivity index is 0.00000242. The molecule has 1 aliphatic rings. The number of hydrogen-bond acceptors (Lipinski definition) is 4. The Morgan fingerprint density at radius 3 is 2.55 bits per heavy atom. The molecule has 1 saturated heterocycles. The van der Waals surface area contributed by atoms with E-state index in [1.165, 1.54) is 31.3 Å². The first-order valence-electron chi connectivity index (χ1n) is 7.08. The predicted octanol–water partition coefficient (Wildman–Crippen LogP) is 0.888. The summed E-state index contributed by atoms with van der Waals surface area (Å²) in [6.45, 7) is 1.43. The van der Waals surface area contributed by atoms with Crippen LogP contribution in [0, 0.1) is 0 Å². The highest BCUT2D eigenvalue weighted by Gasteiger charge is 2.17.